The van der Waals surface area contributed by atoms with E-state index < -0.39 is 78.4 Å². The maximum Gasteiger partial charge on any atom is 0.326 e. The van der Waals surface area contributed by atoms with Crippen LogP contribution in [-0.2, 0) is 48.0 Å². The highest BCUT2D eigenvalue weighted by molar-refractivity contribution is 7.80. The van der Waals surface area contributed by atoms with Crippen LogP contribution in [0.25, 0.3) is 10.9 Å². The molecule has 15 nitrogen and oxygen atoms in total. The Morgan fingerprint density at radius 1 is 0.750 bits per heavy atom. The molecule has 1 aromatic heterocycles. The van der Waals surface area contributed by atoms with Crippen LogP contribution in [0, 0.1) is 0 Å². The van der Waals surface area contributed by atoms with Gasteiger partial charge in [0.05, 0.1) is 12.6 Å². The number of carboxylic acid groups (broad SMARTS) is 1. The summed E-state index contributed by atoms with van der Waals surface area (Å²) in [4.78, 5) is 84.2. The first-order valence-corrected chi connectivity index (χ1v) is 19.0. The number of aliphatic carboxylic acids is 1. The van der Waals surface area contributed by atoms with Crippen molar-refractivity contribution in [3.05, 3.63) is 108 Å². The molecule has 0 radical (unpaired) electrons. The van der Waals surface area contributed by atoms with Crippen LogP contribution in [0.4, 0.5) is 0 Å². The number of benzene rings is 3. The van der Waals surface area contributed by atoms with Crippen molar-refractivity contribution in [1.82, 2.24) is 31.2 Å². The molecule has 0 saturated carbocycles. The van der Waals surface area contributed by atoms with Crippen LogP contribution >= 0.6 is 12.6 Å². The van der Waals surface area contributed by atoms with E-state index in [2.05, 4.69) is 38.9 Å². The number of aromatic nitrogens is 1. The molecule has 4 aromatic rings. The second-order valence-corrected chi connectivity index (χ2v) is 14.1. The number of amides is 5. The Bertz CT molecular complexity index is 2000. The first-order chi connectivity index (χ1) is 27.0. The predicted octanol–water partition coefficient (Wildman–Crippen LogP) is 0.460. The van der Waals surface area contributed by atoms with E-state index in [4.69, 9.17) is 5.73 Å². The number of nitrogens with one attached hydrogen (secondary N) is 5. The average Bonchev–Trinajstić information content (AvgIpc) is 3.87. The number of likely N-dealkylation sites (tertiary alicyclic amines) is 1. The van der Waals surface area contributed by atoms with E-state index in [9.17, 15) is 39.0 Å². The molecule has 16 heteroatoms. The molecule has 5 amide bonds. The van der Waals surface area contributed by atoms with Crippen molar-refractivity contribution in [2.45, 2.75) is 68.4 Å². The number of carbonyl (C=O) groups excluding carboxylic acids is 5. The van der Waals surface area contributed by atoms with E-state index in [1.807, 2.05) is 24.3 Å². The summed E-state index contributed by atoms with van der Waals surface area (Å²) in [5.41, 5.74) is 9.27. The van der Waals surface area contributed by atoms with Crippen molar-refractivity contribution < 1.29 is 39.0 Å². The normalized spacial score (nSPS) is 16.6. The number of carboxylic acids is 1. The van der Waals surface area contributed by atoms with Crippen molar-refractivity contribution >= 4 is 59.0 Å². The molecule has 296 valence electrons. The number of aromatic amines is 1. The molecule has 9 N–H and O–H groups in total. The lowest BCUT2D eigenvalue weighted by Gasteiger charge is -2.30. The van der Waals surface area contributed by atoms with Crippen LogP contribution in [-0.4, -0.2) is 111 Å². The van der Waals surface area contributed by atoms with Gasteiger partial charge < -0.3 is 47.1 Å². The van der Waals surface area contributed by atoms with Gasteiger partial charge in [-0.25, -0.2) is 4.79 Å². The van der Waals surface area contributed by atoms with Gasteiger partial charge in [0.25, 0.3) is 0 Å². The molecule has 6 atom stereocenters. The Morgan fingerprint density at radius 3 is 1.95 bits per heavy atom. The number of fused-ring (bicyclic) bond motifs is 1. The van der Waals surface area contributed by atoms with Crippen molar-refractivity contribution in [2.75, 3.05) is 18.9 Å². The molecule has 0 bridgehead atoms. The Balaban J connectivity index is 1.24. The molecule has 1 saturated heterocycles. The van der Waals surface area contributed by atoms with Gasteiger partial charge in [-0.05, 0) is 42.0 Å². The second-order valence-electron chi connectivity index (χ2n) is 13.7. The molecule has 0 aliphatic carbocycles. The Hall–Kier alpha value is -5.71. The lowest BCUT2D eigenvalue weighted by atomic mass is 10.0. The SMILES string of the molecule is N[C@@H](Cc1c[nH]c2ccccc12)C(=O)N[C@@H](CO)C(=O)N[C@@H](Cc1ccccc1)C(=O)N[C@@H](CS)C(=O)N1CCC[C@H]1C(=O)N[C@@H](Cc1ccccc1)C(=O)O. The molecule has 1 aliphatic heterocycles. The number of aliphatic hydroxyl groups is 1. The standard InChI is InChI=1S/C40H47N7O8S/c41-28(20-26-21-42-29-15-8-7-14-27(26)29)35(49)45-32(22-48)37(51)43-30(18-24-10-3-1-4-11-24)36(50)46-33(23-56)39(53)47-17-9-16-34(47)38(52)44-31(40(54)55)19-25-12-5-2-6-13-25/h1-8,10-15,21,28,30-34,42,48,56H,9,16-20,22-23,41H2,(H,43,51)(H,44,52)(H,45,49)(H,46,50)(H,54,55)/t28-,30-,31-,32-,33-,34-/m0/s1. The Labute approximate surface area is 329 Å². The molecular formula is C40H47N7O8S. The van der Waals surface area contributed by atoms with Gasteiger partial charge in [-0.3, -0.25) is 24.0 Å². The molecule has 3 aromatic carbocycles. The van der Waals surface area contributed by atoms with Gasteiger partial charge >= 0.3 is 5.97 Å². The number of nitrogens with two attached hydrogens (primary N) is 1. The summed E-state index contributed by atoms with van der Waals surface area (Å²) >= 11 is 4.31. The topological polar surface area (TPSA) is 236 Å². The maximum absolute atomic E-state index is 13.9. The summed E-state index contributed by atoms with van der Waals surface area (Å²) in [6.45, 7) is -0.598. The van der Waals surface area contributed by atoms with Crippen molar-refractivity contribution in [3.63, 3.8) is 0 Å². The minimum Gasteiger partial charge on any atom is -0.480 e. The predicted molar refractivity (Wildman–Crippen MR) is 211 cm³/mol. The lowest BCUT2D eigenvalue weighted by Crippen LogP contribution is -2.60. The van der Waals surface area contributed by atoms with E-state index in [0.29, 0.717) is 17.5 Å². The van der Waals surface area contributed by atoms with E-state index in [0.717, 1.165) is 16.5 Å². The summed E-state index contributed by atoms with van der Waals surface area (Å²) in [6, 6.07) is 18.0. The van der Waals surface area contributed by atoms with Gasteiger partial charge in [0.1, 0.15) is 30.2 Å². The number of thiol groups is 1. The molecule has 1 fully saturated rings. The molecule has 0 unspecified atom stereocenters. The van der Waals surface area contributed by atoms with Gasteiger partial charge in [-0.1, -0.05) is 78.9 Å². The van der Waals surface area contributed by atoms with Crippen LogP contribution in [0.5, 0.6) is 0 Å². The highest BCUT2D eigenvalue weighted by Gasteiger charge is 2.39. The first kappa shape index (κ1) is 41.5. The fraction of sp³-hybridized carbons (Fsp3) is 0.350. The quantitative estimate of drug-likeness (QED) is 0.0637. The largest absolute Gasteiger partial charge is 0.480 e. The number of H-pyrrole nitrogens is 1. The first-order valence-electron chi connectivity index (χ1n) is 18.3. The molecular weight excluding hydrogens is 739 g/mol. The highest BCUT2D eigenvalue weighted by Crippen LogP contribution is 2.21. The van der Waals surface area contributed by atoms with Gasteiger partial charge in [0.15, 0.2) is 0 Å². The molecule has 0 spiro atoms. The number of carbonyl (C=O) groups is 6. The summed E-state index contributed by atoms with van der Waals surface area (Å²) < 4.78 is 0. The average molecular weight is 786 g/mol. The van der Waals surface area contributed by atoms with Crippen molar-refractivity contribution in [1.29, 1.82) is 0 Å². The zero-order chi connectivity index (χ0) is 40.2. The molecule has 56 heavy (non-hydrogen) atoms. The Kier molecular flexibility index (Phi) is 14.6. The summed E-state index contributed by atoms with van der Waals surface area (Å²) in [5, 5.41) is 31.1. The monoisotopic (exact) mass is 785 g/mol. The minimum atomic E-state index is -1.45. The van der Waals surface area contributed by atoms with Crippen LogP contribution < -0.4 is 27.0 Å². The van der Waals surface area contributed by atoms with Crippen LogP contribution in [0.1, 0.15) is 29.5 Å². The van der Waals surface area contributed by atoms with E-state index in [1.165, 1.54) is 4.90 Å². The van der Waals surface area contributed by atoms with Crippen LogP contribution in [0.3, 0.4) is 0 Å². The lowest BCUT2D eigenvalue weighted by molar-refractivity contribution is -0.144. The number of para-hydroxylation sites is 1. The van der Waals surface area contributed by atoms with E-state index in [1.54, 1.807) is 66.9 Å². The van der Waals surface area contributed by atoms with E-state index >= 15 is 0 Å². The van der Waals surface area contributed by atoms with Crippen LogP contribution in [0.2, 0.25) is 0 Å². The molecule has 1 aliphatic rings. The van der Waals surface area contributed by atoms with Gasteiger partial charge in [0, 0.05) is 42.2 Å². The minimum absolute atomic E-state index is 0.00912. The van der Waals surface area contributed by atoms with Crippen molar-refractivity contribution in [2.24, 2.45) is 5.73 Å². The number of hydrogen-bond donors (Lipinski definition) is 9. The third-order valence-corrected chi connectivity index (χ3v) is 10.1. The number of rotatable bonds is 18. The highest BCUT2D eigenvalue weighted by atomic mass is 32.1. The number of aliphatic hydroxyl groups excluding tert-OH is 1. The summed E-state index contributed by atoms with van der Waals surface area (Å²) in [7, 11) is 0. The number of hydrogen-bond acceptors (Lipinski definition) is 9. The Morgan fingerprint density at radius 2 is 1.32 bits per heavy atom. The molecule has 5 rings (SSSR count). The third kappa shape index (κ3) is 10.7. The van der Waals surface area contributed by atoms with Gasteiger partial charge in [-0.15, -0.1) is 0 Å². The summed E-state index contributed by atoms with van der Waals surface area (Å²) in [5.74, 6) is -4.90. The third-order valence-electron chi connectivity index (χ3n) is 9.72. The zero-order valence-corrected chi connectivity index (χ0v) is 31.5. The smallest absolute Gasteiger partial charge is 0.326 e. The zero-order valence-electron chi connectivity index (χ0n) is 30.6. The molecule has 2 heterocycles. The second kappa shape index (κ2) is 19.7. The van der Waals surface area contributed by atoms with Crippen LogP contribution in [0.15, 0.2) is 91.1 Å². The number of nitrogens with zero attached hydrogens (tertiary/aromatic N) is 1. The van der Waals surface area contributed by atoms with Gasteiger partial charge in [0.2, 0.25) is 29.5 Å². The maximum atomic E-state index is 13.9. The van der Waals surface area contributed by atoms with Gasteiger partial charge in [-0.2, -0.15) is 12.6 Å². The summed E-state index contributed by atoms with van der Waals surface area (Å²) in [6.07, 6.45) is 2.70. The fourth-order valence-electron chi connectivity index (χ4n) is 6.71. The van der Waals surface area contributed by atoms with E-state index in [-0.39, 0.29) is 38.0 Å². The van der Waals surface area contributed by atoms with Crippen molar-refractivity contribution in [3.8, 4) is 0 Å². The fourth-order valence-corrected chi connectivity index (χ4v) is 6.96.